The number of ether oxygens (including phenoxy) is 3. The molecule has 0 aliphatic carbocycles. The average Bonchev–Trinajstić information content (AvgIpc) is 3.38. The molecule has 0 atom stereocenters. The van der Waals surface area contributed by atoms with Crippen molar-refractivity contribution in [3.05, 3.63) is 64.8 Å². The van der Waals surface area contributed by atoms with Crippen molar-refractivity contribution >= 4 is 17.7 Å². The van der Waals surface area contributed by atoms with Crippen molar-refractivity contribution in [1.29, 1.82) is 5.26 Å². The van der Waals surface area contributed by atoms with E-state index in [1.54, 1.807) is 7.11 Å². The molecule has 36 heavy (non-hydrogen) atoms. The molecule has 3 aromatic rings. The summed E-state index contributed by atoms with van der Waals surface area (Å²) in [6.45, 7) is 2.17. The van der Waals surface area contributed by atoms with Crippen molar-refractivity contribution in [3.63, 3.8) is 0 Å². The van der Waals surface area contributed by atoms with Crippen molar-refractivity contribution in [2.45, 2.75) is 24.5 Å². The van der Waals surface area contributed by atoms with Crippen LogP contribution in [0.25, 0.3) is 11.1 Å². The number of nitriles is 1. The minimum absolute atomic E-state index is 0.139. The molecule has 1 aromatic heterocycles. The lowest BCUT2D eigenvalue weighted by molar-refractivity contribution is -0.118. The number of aromatic nitrogens is 1. The molecule has 0 saturated heterocycles. The fraction of sp³-hybridized carbons (Fsp3) is 0.296. The number of hydrogen-bond donors (Lipinski definition) is 1. The summed E-state index contributed by atoms with van der Waals surface area (Å²) in [5, 5.41) is 13.7. The van der Waals surface area contributed by atoms with Crippen LogP contribution < -0.4 is 19.5 Å². The molecule has 2 aliphatic heterocycles. The van der Waals surface area contributed by atoms with Gasteiger partial charge in [0.15, 0.2) is 11.5 Å². The second-order valence-corrected chi connectivity index (χ2v) is 9.61. The highest BCUT2D eigenvalue weighted by molar-refractivity contribution is 8.00. The maximum atomic E-state index is 12.7. The minimum atomic E-state index is -0.139. The third-order valence-corrected chi connectivity index (χ3v) is 7.24. The van der Waals surface area contributed by atoms with Gasteiger partial charge in [0.25, 0.3) is 0 Å². The first-order chi connectivity index (χ1) is 17.6. The number of amides is 1. The van der Waals surface area contributed by atoms with E-state index < -0.39 is 0 Å². The number of thioether (sulfide) groups is 1. The standard InChI is InChI=1S/C27H26N4O4S/c1-31-10-9-21-20(14-31)26(18-5-3-4-6-22(18)33-2)19(12-28)27(30-21)36-15-25(32)29-13-17-7-8-23-24(11-17)35-16-34-23/h3-8,11H,9-10,13-16H2,1-2H3,(H,29,32). The van der Waals surface area contributed by atoms with E-state index in [0.717, 1.165) is 40.9 Å². The summed E-state index contributed by atoms with van der Waals surface area (Å²) in [6, 6.07) is 15.7. The number of benzene rings is 2. The first kappa shape index (κ1) is 24.0. The third-order valence-electron chi connectivity index (χ3n) is 6.26. The summed E-state index contributed by atoms with van der Waals surface area (Å²) in [5.74, 6) is 2.10. The average molecular weight is 503 g/mol. The number of carbonyl (C=O) groups excluding carboxylic acids is 1. The molecular formula is C27H26N4O4S. The SMILES string of the molecule is COc1ccccc1-c1c(C#N)c(SCC(=O)NCc2ccc3c(c2)OCO3)nc2c1CN(C)CC2. The summed E-state index contributed by atoms with van der Waals surface area (Å²) in [7, 11) is 3.69. The quantitative estimate of drug-likeness (QED) is 0.488. The maximum absolute atomic E-state index is 12.7. The number of methoxy groups -OCH3 is 1. The molecule has 2 aliphatic rings. The van der Waals surface area contributed by atoms with Crippen LogP contribution in [0, 0.1) is 11.3 Å². The molecule has 2 aromatic carbocycles. The largest absolute Gasteiger partial charge is 0.496 e. The van der Waals surface area contributed by atoms with E-state index in [0.29, 0.717) is 40.9 Å². The summed E-state index contributed by atoms with van der Waals surface area (Å²) < 4.78 is 16.4. The number of nitrogens with zero attached hydrogens (tertiary/aromatic N) is 3. The Hall–Kier alpha value is -3.74. The fourth-order valence-corrected chi connectivity index (χ4v) is 5.30. The van der Waals surface area contributed by atoms with E-state index in [1.165, 1.54) is 11.8 Å². The first-order valence-electron chi connectivity index (χ1n) is 11.6. The highest BCUT2D eigenvalue weighted by Crippen LogP contribution is 2.40. The highest BCUT2D eigenvalue weighted by Gasteiger charge is 2.26. The van der Waals surface area contributed by atoms with Gasteiger partial charge in [-0.25, -0.2) is 4.98 Å². The van der Waals surface area contributed by atoms with E-state index in [-0.39, 0.29) is 18.5 Å². The van der Waals surface area contributed by atoms with Crippen LogP contribution in [0.15, 0.2) is 47.5 Å². The zero-order valence-electron chi connectivity index (χ0n) is 20.2. The van der Waals surface area contributed by atoms with Gasteiger partial charge < -0.3 is 24.4 Å². The van der Waals surface area contributed by atoms with Crippen molar-refractivity contribution in [3.8, 4) is 34.4 Å². The number of likely N-dealkylation sites (N-methyl/N-ethyl adjacent to an activating group) is 1. The highest BCUT2D eigenvalue weighted by atomic mass is 32.2. The third kappa shape index (κ3) is 4.83. The number of fused-ring (bicyclic) bond motifs is 2. The normalized spacial score (nSPS) is 14.1. The van der Waals surface area contributed by atoms with E-state index in [4.69, 9.17) is 19.2 Å². The summed E-state index contributed by atoms with van der Waals surface area (Å²) >= 11 is 1.29. The van der Waals surface area contributed by atoms with E-state index in [1.807, 2.05) is 42.5 Å². The van der Waals surface area contributed by atoms with Gasteiger partial charge in [-0.05, 0) is 36.4 Å². The summed E-state index contributed by atoms with van der Waals surface area (Å²) in [5.41, 5.74) is 5.11. The number of nitrogens with one attached hydrogen (secondary N) is 1. The molecule has 9 heteroatoms. The molecule has 1 amide bonds. The number of para-hydroxylation sites is 1. The molecule has 0 fully saturated rings. The maximum Gasteiger partial charge on any atom is 0.231 e. The Morgan fingerprint density at radius 3 is 2.92 bits per heavy atom. The van der Waals surface area contributed by atoms with Crippen molar-refractivity contribution in [2.75, 3.05) is 33.2 Å². The Labute approximate surface area is 214 Å². The van der Waals surface area contributed by atoms with E-state index >= 15 is 0 Å². The van der Waals surface area contributed by atoms with Gasteiger partial charge in [0, 0.05) is 42.9 Å². The van der Waals surface area contributed by atoms with Crippen LogP contribution in [0.2, 0.25) is 0 Å². The van der Waals surface area contributed by atoms with Gasteiger partial charge in [0.05, 0.1) is 18.4 Å². The van der Waals surface area contributed by atoms with Gasteiger partial charge in [0.2, 0.25) is 12.7 Å². The van der Waals surface area contributed by atoms with Crippen LogP contribution in [0.3, 0.4) is 0 Å². The second-order valence-electron chi connectivity index (χ2n) is 8.65. The van der Waals surface area contributed by atoms with Crippen LogP contribution in [-0.4, -0.2) is 49.0 Å². The Morgan fingerprint density at radius 2 is 2.08 bits per heavy atom. The molecule has 0 saturated carbocycles. The molecule has 0 spiro atoms. The lowest BCUT2D eigenvalue weighted by atomic mass is 9.91. The Kier molecular flexibility index (Phi) is 6.98. The van der Waals surface area contributed by atoms with Crippen molar-refractivity contribution < 1.29 is 19.0 Å². The monoisotopic (exact) mass is 502 g/mol. The Bertz CT molecular complexity index is 1350. The van der Waals surface area contributed by atoms with Gasteiger partial charge >= 0.3 is 0 Å². The molecule has 1 N–H and O–H groups in total. The zero-order chi connectivity index (χ0) is 25.1. The topological polar surface area (TPSA) is 96.7 Å². The van der Waals surface area contributed by atoms with Gasteiger partial charge in [-0.2, -0.15) is 5.26 Å². The van der Waals surface area contributed by atoms with E-state index in [2.05, 4.69) is 23.3 Å². The van der Waals surface area contributed by atoms with Crippen LogP contribution in [-0.2, 0) is 24.3 Å². The van der Waals surface area contributed by atoms with E-state index in [9.17, 15) is 10.1 Å². The number of rotatable bonds is 7. The molecule has 8 nitrogen and oxygen atoms in total. The predicted molar refractivity (Wildman–Crippen MR) is 136 cm³/mol. The van der Waals surface area contributed by atoms with Crippen LogP contribution in [0.5, 0.6) is 17.2 Å². The minimum Gasteiger partial charge on any atom is -0.496 e. The molecule has 5 rings (SSSR count). The summed E-state index contributed by atoms with van der Waals surface area (Å²) in [6.07, 6.45) is 0.781. The van der Waals surface area contributed by atoms with Gasteiger partial charge in [0.1, 0.15) is 16.8 Å². The number of pyridine rings is 1. The van der Waals surface area contributed by atoms with Gasteiger partial charge in [-0.3, -0.25) is 4.79 Å². The predicted octanol–water partition coefficient (Wildman–Crippen LogP) is 3.75. The molecule has 184 valence electrons. The Balaban J connectivity index is 1.38. The molecular weight excluding hydrogens is 476 g/mol. The smallest absolute Gasteiger partial charge is 0.231 e. The number of hydrogen-bond acceptors (Lipinski definition) is 8. The molecule has 0 radical (unpaired) electrons. The summed E-state index contributed by atoms with van der Waals surface area (Å²) in [4.78, 5) is 19.8. The lowest BCUT2D eigenvalue weighted by Crippen LogP contribution is -2.28. The fourth-order valence-electron chi connectivity index (χ4n) is 4.46. The van der Waals surface area contributed by atoms with Crippen LogP contribution in [0.4, 0.5) is 0 Å². The van der Waals surface area contributed by atoms with Gasteiger partial charge in [-0.15, -0.1) is 0 Å². The van der Waals surface area contributed by atoms with Crippen LogP contribution >= 0.6 is 11.8 Å². The first-order valence-corrected chi connectivity index (χ1v) is 12.6. The van der Waals surface area contributed by atoms with Crippen molar-refractivity contribution in [2.24, 2.45) is 0 Å². The lowest BCUT2D eigenvalue weighted by Gasteiger charge is -2.28. The van der Waals surface area contributed by atoms with Crippen molar-refractivity contribution in [1.82, 2.24) is 15.2 Å². The van der Waals surface area contributed by atoms with Crippen LogP contribution in [0.1, 0.15) is 22.4 Å². The molecule has 3 heterocycles. The zero-order valence-corrected chi connectivity index (χ0v) is 21.0. The molecule has 0 bridgehead atoms. The second kappa shape index (κ2) is 10.5. The van der Waals surface area contributed by atoms with Gasteiger partial charge in [-0.1, -0.05) is 36.0 Å². The Morgan fingerprint density at radius 1 is 1.25 bits per heavy atom. The molecule has 0 unspecified atom stereocenters. The number of carbonyl (C=O) groups is 1.